The summed E-state index contributed by atoms with van der Waals surface area (Å²) in [6.45, 7) is 7.88. The summed E-state index contributed by atoms with van der Waals surface area (Å²) in [6, 6.07) is 5.64. The highest BCUT2D eigenvalue weighted by atomic mass is 35.5. The van der Waals surface area contributed by atoms with Gasteiger partial charge in [0.05, 0.1) is 12.3 Å². The summed E-state index contributed by atoms with van der Waals surface area (Å²) >= 11 is 5.94. The second-order valence-corrected chi connectivity index (χ2v) is 4.28. The van der Waals surface area contributed by atoms with Gasteiger partial charge in [-0.2, -0.15) is 0 Å². The predicted octanol–water partition coefficient (Wildman–Crippen LogP) is 3.81. The van der Waals surface area contributed by atoms with Crippen LogP contribution in [0.1, 0.15) is 20.8 Å². The SMILES string of the molecule is CCOc1ccc(Cl)cc1NCC(C)C. The lowest BCUT2D eigenvalue weighted by atomic mass is 10.2. The number of nitrogens with one attached hydrogen (secondary N) is 1. The Morgan fingerprint density at radius 3 is 2.73 bits per heavy atom. The van der Waals surface area contributed by atoms with Gasteiger partial charge in [0.15, 0.2) is 0 Å². The maximum atomic E-state index is 5.94. The van der Waals surface area contributed by atoms with Crippen LogP contribution < -0.4 is 10.1 Å². The Morgan fingerprint density at radius 2 is 2.13 bits per heavy atom. The Morgan fingerprint density at radius 1 is 1.40 bits per heavy atom. The van der Waals surface area contributed by atoms with Crippen LogP contribution in [0.5, 0.6) is 5.75 Å². The normalized spacial score (nSPS) is 10.5. The molecule has 1 rings (SSSR count). The Bertz CT molecular complexity index is 312. The van der Waals surface area contributed by atoms with E-state index in [0.717, 1.165) is 23.0 Å². The predicted molar refractivity (Wildman–Crippen MR) is 65.9 cm³/mol. The fourth-order valence-corrected chi connectivity index (χ4v) is 1.41. The first-order chi connectivity index (χ1) is 7.13. The maximum Gasteiger partial charge on any atom is 0.142 e. The molecule has 0 fully saturated rings. The van der Waals surface area contributed by atoms with E-state index >= 15 is 0 Å². The highest BCUT2D eigenvalue weighted by molar-refractivity contribution is 6.30. The molecule has 0 saturated carbocycles. The molecule has 84 valence electrons. The molecule has 1 aromatic carbocycles. The lowest BCUT2D eigenvalue weighted by molar-refractivity contribution is 0.341. The first-order valence-electron chi connectivity index (χ1n) is 5.29. The van der Waals surface area contributed by atoms with E-state index in [2.05, 4.69) is 19.2 Å². The van der Waals surface area contributed by atoms with Gasteiger partial charge in [-0.25, -0.2) is 0 Å². The lowest BCUT2D eigenvalue weighted by Crippen LogP contribution is -2.09. The molecule has 1 aromatic rings. The molecule has 0 bridgehead atoms. The van der Waals surface area contributed by atoms with Crippen molar-refractivity contribution in [3.8, 4) is 5.75 Å². The summed E-state index contributed by atoms with van der Waals surface area (Å²) in [7, 11) is 0. The summed E-state index contributed by atoms with van der Waals surface area (Å²) < 4.78 is 5.50. The van der Waals surface area contributed by atoms with Gasteiger partial charge in [0, 0.05) is 11.6 Å². The summed E-state index contributed by atoms with van der Waals surface area (Å²) in [6.07, 6.45) is 0. The largest absolute Gasteiger partial charge is 0.492 e. The number of benzene rings is 1. The quantitative estimate of drug-likeness (QED) is 0.826. The molecule has 0 aliphatic rings. The molecule has 0 aromatic heterocycles. The van der Waals surface area contributed by atoms with Crippen LogP contribution in [0.15, 0.2) is 18.2 Å². The third-order valence-corrected chi connectivity index (χ3v) is 2.18. The number of anilines is 1. The van der Waals surface area contributed by atoms with E-state index in [-0.39, 0.29) is 0 Å². The summed E-state index contributed by atoms with van der Waals surface area (Å²) in [4.78, 5) is 0. The van der Waals surface area contributed by atoms with Crippen molar-refractivity contribution in [2.24, 2.45) is 5.92 Å². The molecule has 0 aliphatic heterocycles. The van der Waals surface area contributed by atoms with Gasteiger partial charge in [0.1, 0.15) is 5.75 Å². The van der Waals surface area contributed by atoms with Crippen molar-refractivity contribution in [1.82, 2.24) is 0 Å². The van der Waals surface area contributed by atoms with Gasteiger partial charge in [-0.15, -0.1) is 0 Å². The Hall–Kier alpha value is -0.890. The first kappa shape index (κ1) is 12.2. The van der Waals surface area contributed by atoms with Crippen LogP contribution >= 0.6 is 11.6 Å². The Labute approximate surface area is 96.6 Å². The van der Waals surface area contributed by atoms with E-state index in [0.29, 0.717) is 12.5 Å². The van der Waals surface area contributed by atoms with Crippen LogP contribution in [0.2, 0.25) is 5.02 Å². The fourth-order valence-electron chi connectivity index (χ4n) is 1.24. The van der Waals surface area contributed by atoms with Gasteiger partial charge in [0.25, 0.3) is 0 Å². The van der Waals surface area contributed by atoms with E-state index in [1.807, 2.05) is 25.1 Å². The third kappa shape index (κ3) is 4.00. The topological polar surface area (TPSA) is 21.3 Å². The highest BCUT2D eigenvalue weighted by Gasteiger charge is 2.04. The minimum absolute atomic E-state index is 0.596. The van der Waals surface area contributed by atoms with Gasteiger partial charge in [-0.3, -0.25) is 0 Å². The van der Waals surface area contributed by atoms with Crippen molar-refractivity contribution in [3.05, 3.63) is 23.2 Å². The molecule has 0 aliphatic carbocycles. The molecule has 2 nitrogen and oxygen atoms in total. The minimum Gasteiger partial charge on any atom is -0.492 e. The summed E-state index contributed by atoms with van der Waals surface area (Å²) in [5, 5.41) is 4.06. The van der Waals surface area contributed by atoms with Crippen molar-refractivity contribution < 1.29 is 4.74 Å². The van der Waals surface area contributed by atoms with E-state index in [9.17, 15) is 0 Å². The van der Waals surface area contributed by atoms with Gasteiger partial charge in [0.2, 0.25) is 0 Å². The number of rotatable bonds is 5. The standard InChI is InChI=1S/C12H18ClNO/c1-4-15-12-6-5-10(13)7-11(12)14-8-9(2)3/h5-7,9,14H,4,8H2,1-3H3. The lowest BCUT2D eigenvalue weighted by Gasteiger charge is -2.14. The first-order valence-corrected chi connectivity index (χ1v) is 5.67. The summed E-state index contributed by atoms with van der Waals surface area (Å²) in [5.74, 6) is 1.46. The average Bonchev–Trinajstić information content (AvgIpc) is 2.18. The second kappa shape index (κ2) is 5.86. The fraction of sp³-hybridized carbons (Fsp3) is 0.500. The monoisotopic (exact) mass is 227 g/mol. The number of hydrogen-bond acceptors (Lipinski definition) is 2. The van der Waals surface area contributed by atoms with Crippen molar-refractivity contribution in [2.75, 3.05) is 18.5 Å². The molecule has 0 spiro atoms. The van der Waals surface area contributed by atoms with Crippen LogP contribution in [-0.2, 0) is 0 Å². The van der Waals surface area contributed by atoms with Crippen LogP contribution in [-0.4, -0.2) is 13.2 Å². The minimum atomic E-state index is 0.596. The van der Waals surface area contributed by atoms with Gasteiger partial charge >= 0.3 is 0 Å². The van der Waals surface area contributed by atoms with Crippen LogP contribution in [0.4, 0.5) is 5.69 Å². The van der Waals surface area contributed by atoms with E-state index in [1.54, 1.807) is 0 Å². The van der Waals surface area contributed by atoms with E-state index in [1.165, 1.54) is 0 Å². The zero-order chi connectivity index (χ0) is 11.3. The summed E-state index contributed by atoms with van der Waals surface area (Å²) in [5.41, 5.74) is 0.970. The molecule has 3 heteroatoms. The number of ether oxygens (including phenoxy) is 1. The molecule has 0 heterocycles. The van der Waals surface area contributed by atoms with Crippen molar-refractivity contribution in [1.29, 1.82) is 0 Å². The molecule has 0 saturated heterocycles. The average molecular weight is 228 g/mol. The third-order valence-electron chi connectivity index (χ3n) is 1.94. The smallest absolute Gasteiger partial charge is 0.142 e. The maximum absolute atomic E-state index is 5.94. The van der Waals surface area contributed by atoms with E-state index in [4.69, 9.17) is 16.3 Å². The van der Waals surface area contributed by atoms with Crippen molar-refractivity contribution in [2.45, 2.75) is 20.8 Å². The van der Waals surface area contributed by atoms with Crippen molar-refractivity contribution >= 4 is 17.3 Å². The molecular formula is C12H18ClNO. The van der Waals surface area contributed by atoms with Crippen LogP contribution in [0.25, 0.3) is 0 Å². The molecule has 1 N–H and O–H groups in total. The van der Waals surface area contributed by atoms with Gasteiger partial charge in [-0.1, -0.05) is 25.4 Å². The zero-order valence-corrected chi connectivity index (χ0v) is 10.3. The van der Waals surface area contributed by atoms with Gasteiger partial charge < -0.3 is 10.1 Å². The molecule has 15 heavy (non-hydrogen) atoms. The van der Waals surface area contributed by atoms with E-state index < -0.39 is 0 Å². The number of halogens is 1. The Balaban J connectivity index is 2.77. The van der Waals surface area contributed by atoms with Gasteiger partial charge in [-0.05, 0) is 31.0 Å². The van der Waals surface area contributed by atoms with Crippen LogP contribution in [0.3, 0.4) is 0 Å². The van der Waals surface area contributed by atoms with Crippen LogP contribution in [0, 0.1) is 5.92 Å². The molecule has 0 atom stereocenters. The van der Waals surface area contributed by atoms with Crippen molar-refractivity contribution in [3.63, 3.8) is 0 Å². The molecular weight excluding hydrogens is 210 g/mol. The number of hydrogen-bond donors (Lipinski definition) is 1. The molecule has 0 amide bonds. The highest BCUT2D eigenvalue weighted by Crippen LogP contribution is 2.28. The second-order valence-electron chi connectivity index (χ2n) is 3.85. The Kier molecular flexibility index (Phi) is 4.76. The molecule has 0 unspecified atom stereocenters. The zero-order valence-electron chi connectivity index (χ0n) is 9.51. The molecule has 0 radical (unpaired) electrons.